The predicted octanol–water partition coefficient (Wildman–Crippen LogP) is -0.766. The van der Waals surface area contributed by atoms with E-state index in [4.69, 9.17) is 0 Å². The number of hydrogen-bond acceptors (Lipinski definition) is 4. The van der Waals surface area contributed by atoms with Crippen LogP contribution in [0, 0.1) is 0 Å². The molecule has 1 aliphatic rings. The van der Waals surface area contributed by atoms with Crippen molar-refractivity contribution in [2.75, 3.05) is 6.54 Å². The van der Waals surface area contributed by atoms with Crippen molar-refractivity contribution >= 4 is 11.2 Å². The monoisotopic (exact) mass is 235 g/mol. The number of nitrogens with zero attached hydrogens (tertiary/aromatic N) is 1. The van der Waals surface area contributed by atoms with Crippen molar-refractivity contribution in [1.29, 1.82) is 0 Å². The Bertz CT molecular complexity index is 648. The lowest BCUT2D eigenvalue weighted by Crippen LogP contribution is -2.21. The molecular weight excluding hydrogens is 222 g/mol. The minimum absolute atomic E-state index is 0.320. The fourth-order valence-corrected chi connectivity index (χ4v) is 1.78. The summed E-state index contributed by atoms with van der Waals surface area (Å²) < 4.78 is 0. The number of aromatic amines is 3. The fourth-order valence-electron chi connectivity index (χ4n) is 1.78. The third-order valence-corrected chi connectivity index (χ3v) is 2.81. The summed E-state index contributed by atoms with van der Waals surface area (Å²) in [5.74, 6) is 0.709. The zero-order valence-electron chi connectivity index (χ0n) is 9.17. The Morgan fingerprint density at radius 3 is 2.82 bits per heavy atom. The van der Waals surface area contributed by atoms with E-state index in [2.05, 4.69) is 25.3 Å². The van der Waals surface area contributed by atoms with Gasteiger partial charge >= 0.3 is 5.69 Å². The number of hydrogen-bond donors (Lipinski definition) is 4. The first-order valence-corrected chi connectivity index (χ1v) is 5.67. The molecule has 7 nitrogen and oxygen atoms in total. The Kier molecular flexibility index (Phi) is 2.32. The highest BCUT2D eigenvalue weighted by atomic mass is 16.2. The van der Waals surface area contributed by atoms with Crippen LogP contribution in [0.1, 0.15) is 18.7 Å². The van der Waals surface area contributed by atoms with E-state index >= 15 is 0 Å². The summed E-state index contributed by atoms with van der Waals surface area (Å²) >= 11 is 0. The second kappa shape index (κ2) is 3.85. The Balaban J connectivity index is 1.82. The first kappa shape index (κ1) is 10.3. The summed E-state index contributed by atoms with van der Waals surface area (Å²) in [6.07, 6.45) is 3.20. The van der Waals surface area contributed by atoms with Crippen LogP contribution in [0.3, 0.4) is 0 Å². The van der Waals surface area contributed by atoms with Crippen LogP contribution in [0.4, 0.5) is 0 Å². The number of nitrogens with one attached hydrogen (secondary N) is 4. The average molecular weight is 235 g/mol. The summed E-state index contributed by atoms with van der Waals surface area (Å²) in [4.78, 5) is 34.2. The minimum Gasteiger partial charge on any atom is -0.336 e. The Morgan fingerprint density at radius 1 is 1.24 bits per heavy atom. The number of H-pyrrole nitrogens is 3. The maximum atomic E-state index is 11.4. The second-order valence-corrected chi connectivity index (χ2v) is 4.29. The van der Waals surface area contributed by atoms with E-state index in [0.717, 1.165) is 6.54 Å². The molecule has 1 fully saturated rings. The van der Waals surface area contributed by atoms with Crippen molar-refractivity contribution in [3.63, 3.8) is 0 Å². The van der Waals surface area contributed by atoms with Gasteiger partial charge in [0.15, 0.2) is 5.65 Å². The molecule has 4 N–H and O–H groups in total. The predicted molar refractivity (Wildman–Crippen MR) is 62.1 cm³/mol. The van der Waals surface area contributed by atoms with Gasteiger partial charge in [0, 0.05) is 19.0 Å². The van der Waals surface area contributed by atoms with Gasteiger partial charge in [-0.05, 0) is 12.8 Å². The summed E-state index contributed by atoms with van der Waals surface area (Å²) in [6.45, 7) is 0.826. The van der Waals surface area contributed by atoms with Crippen LogP contribution in [-0.2, 0) is 6.42 Å². The van der Waals surface area contributed by atoms with Gasteiger partial charge in [-0.15, -0.1) is 0 Å². The molecule has 1 saturated carbocycles. The third kappa shape index (κ3) is 2.14. The molecule has 2 aromatic heterocycles. The van der Waals surface area contributed by atoms with E-state index in [0.29, 0.717) is 29.5 Å². The van der Waals surface area contributed by atoms with Gasteiger partial charge in [-0.3, -0.25) is 14.8 Å². The zero-order valence-corrected chi connectivity index (χ0v) is 9.17. The smallest absolute Gasteiger partial charge is 0.327 e. The molecule has 0 spiro atoms. The van der Waals surface area contributed by atoms with E-state index < -0.39 is 11.2 Å². The molecule has 0 atom stereocenters. The van der Waals surface area contributed by atoms with Gasteiger partial charge in [-0.1, -0.05) is 0 Å². The van der Waals surface area contributed by atoms with Gasteiger partial charge < -0.3 is 10.3 Å². The first-order valence-electron chi connectivity index (χ1n) is 5.67. The van der Waals surface area contributed by atoms with Crippen LogP contribution >= 0.6 is 0 Å². The van der Waals surface area contributed by atoms with Crippen LogP contribution in [0.2, 0.25) is 0 Å². The quantitative estimate of drug-likeness (QED) is 0.558. The number of rotatable bonds is 4. The lowest BCUT2D eigenvalue weighted by atomic mass is 10.4. The highest BCUT2D eigenvalue weighted by Gasteiger charge is 2.19. The van der Waals surface area contributed by atoms with Crippen LogP contribution in [0.15, 0.2) is 9.59 Å². The Morgan fingerprint density at radius 2 is 2.06 bits per heavy atom. The van der Waals surface area contributed by atoms with Crippen molar-refractivity contribution in [2.24, 2.45) is 0 Å². The van der Waals surface area contributed by atoms with Gasteiger partial charge in [-0.2, -0.15) is 0 Å². The van der Waals surface area contributed by atoms with Crippen molar-refractivity contribution in [2.45, 2.75) is 25.3 Å². The van der Waals surface area contributed by atoms with Gasteiger partial charge in [0.2, 0.25) is 0 Å². The molecule has 0 unspecified atom stereocenters. The molecule has 1 aliphatic carbocycles. The largest absolute Gasteiger partial charge is 0.336 e. The Labute approximate surface area is 95.7 Å². The minimum atomic E-state index is -0.531. The van der Waals surface area contributed by atoms with Crippen LogP contribution in [0.25, 0.3) is 11.2 Å². The summed E-state index contributed by atoms with van der Waals surface area (Å²) in [6, 6.07) is 0.655. The topological polar surface area (TPSA) is 106 Å². The summed E-state index contributed by atoms with van der Waals surface area (Å²) in [7, 11) is 0. The molecule has 0 saturated heterocycles. The maximum Gasteiger partial charge on any atom is 0.327 e. The van der Waals surface area contributed by atoms with Crippen molar-refractivity contribution in [3.8, 4) is 0 Å². The standard InChI is InChI=1S/C10H13N5O2/c16-9-7-8(14-10(17)15-9)13-6(12-7)3-4-11-5-1-2-5/h5,11H,1-4H2,(H3,12,13,14,15,16,17). The lowest BCUT2D eigenvalue weighted by Gasteiger charge is -1.98. The van der Waals surface area contributed by atoms with E-state index in [1.54, 1.807) is 0 Å². The second-order valence-electron chi connectivity index (χ2n) is 4.29. The van der Waals surface area contributed by atoms with Crippen molar-refractivity contribution in [1.82, 2.24) is 25.3 Å². The molecule has 3 rings (SSSR count). The highest BCUT2D eigenvalue weighted by molar-refractivity contribution is 5.68. The van der Waals surface area contributed by atoms with Crippen LogP contribution in [-0.4, -0.2) is 32.5 Å². The van der Waals surface area contributed by atoms with Crippen molar-refractivity contribution < 1.29 is 0 Å². The zero-order chi connectivity index (χ0) is 11.8. The van der Waals surface area contributed by atoms with Gasteiger partial charge in [-0.25, -0.2) is 9.78 Å². The maximum absolute atomic E-state index is 11.4. The molecule has 0 aromatic carbocycles. The van der Waals surface area contributed by atoms with E-state index in [9.17, 15) is 9.59 Å². The number of imidazole rings is 1. The molecule has 0 radical (unpaired) electrons. The summed E-state index contributed by atoms with van der Waals surface area (Å²) in [5.41, 5.74) is -0.319. The summed E-state index contributed by atoms with van der Waals surface area (Å²) in [5, 5.41) is 3.36. The molecule has 0 bridgehead atoms. The molecule has 17 heavy (non-hydrogen) atoms. The van der Waals surface area contributed by atoms with Gasteiger partial charge in [0.25, 0.3) is 5.56 Å². The Hall–Kier alpha value is -1.89. The highest BCUT2D eigenvalue weighted by Crippen LogP contribution is 2.18. The average Bonchev–Trinajstić information content (AvgIpc) is 2.98. The van der Waals surface area contributed by atoms with E-state index in [1.165, 1.54) is 12.8 Å². The SMILES string of the molecule is O=c1[nH]c(=O)c2[nH]c(CCNC3CC3)nc2[nH]1. The molecule has 2 aromatic rings. The van der Waals surface area contributed by atoms with Crippen LogP contribution < -0.4 is 16.6 Å². The van der Waals surface area contributed by atoms with Crippen LogP contribution in [0.5, 0.6) is 0 Å². The molecule has 0 amide bonds. The number of fused-ring (bicyclic) bond motifs is 1. The molecule has 90 valence electrons. The normalized spacial score (nSPS) is 15.5. The third-order valence-electron chi connectivity index (χ3n) is 2.81. The van der Waals surface area contributed by atoms with E-state index in [-0.39, 0.29) is 0 Å². The molecule has 2 heterocycles. The fraction of sp³-hybridized carbons (Fsp3) is 0.500. The van der Waals surface area contributed by atoms with E-state index in [1.807, 2.05) is 0 Å². The molecule has 0 aliphatic heterocycles. The van der Waals surface area contributed by atoms with Crippen molar-refractivity contribution in [3.05, 3.63) is 26.7 Å². The van der Waals surface area contributed by atoms with Gasteiger partial charge in [0.1, 0.15) is 11.3 Å². The van der Waals surface area contributed by atoms with Gasteiger partial charge in [0.05, 0.1) is 0 Å². The molecular formula is C10H13N5O2. The number of aromatic nitrogens is 4. The molecule has 7 heteroatoms. The first-order chi connectivity index (χ1) is 8.22. The lowest BCUT2D eigenvalue weighted by molar-refractivity contribution is 0.670.